The molecule has 9 nitrogen and oxygen atoms in total. The first kappa shape index (κ1) is 17.0. The van der Waals surface area contributed by atoms with Crippen LogP contribution in [0.4, 0.5) is 0 Å². The average molecular weight is 402 g/mol. The molecule has 0 radical (unpaired) electrons. The van der Waals surface area contributed by atoms with E-state index in [9.17, 15) is 12.8 Å². The van der Waals surface area contributed by atoms with E-state index in [0.29, 0.717) is 5.75 Å². The number of aliphatic hydroxyl groups is 2. The molecule has 0 aliphatic carbocycles. The van der Waals surface area contributed by atoms with Crippen molar-refractivity contribution in [2.45, 2.75) is 24.9 Å². The topological polar surface area (TPSA) is 124 Å². The first-order chi connectivity index (χ1) is 11.5. The third-order valence-electron chi connectivity index (χ3n) is 3.78. The van der Waals surface area contributed by atoms with E-state index < -0.39 is 31.1 Å². The Hall–Kier alpha value is -1.84. The van der Waals surface area contributed by atoms with Crippen molar-refractivity contribution in [1.82, 2.24) is 14.8 Å². The molecule has 3 atom stereocenters. The molecule has 0 spiro atoms. The van der Waals surface area contributed by atoms with Gasteiger partial charge in [-0.25, -0.2) is 0 Å². The molecule has 0 saturated carbocycles. The van der Waals surface area contributed by atoms with Gasteiger partial charge in [0.15, 0.2) is 0 Å². The van der Waals surface area contributed by atoms with Gasteiger partial charge in [-0.1, -0.05) is 0 Å². The number of hydrogen-bond acceptors (Lipinski definition) is 8. The third kappa shape index (κ3) is 3.06. The van der Waals surface area contributed by atoms with Crippen LogP contribution in [0, 0.1) is 0 Å². The van der Waals surface area contributed by atoms with Crippen LogP contribution in [-0.4, -0.2) is 63.6 Å². The monoisotopic (exact) mass is 403 g/mol. The predicted molar refractivity (Wildman–Crippen MR) is 81.0 cm³/mol. The van der Waals surface area contributed by atoms with Gasteiger partial charge in [-0.2, -0.15) is 0 Å². The number of methoxy groups -OCH3 is 1. The summed E-state index contributed by atoms with van der Waals surface area (Å²) in [5, 5.41) is 22.8. The Morgan fingerprint density at radius 1 is 1.38 bits per heavy atom. The maximum absolute atomic E-state index is 12.6. The van der Waals surface area contributed by atoms with Gasteiger partial charge in [-0.05, 0) is 0 Å². The fourth-order valence-corrected chi connectivity index (χ4v) is 4.72. The zero-order valence-corrected chi connectivity index (χ0v) is 14.5. The van der Waals surface area contributed by atoms with E-state index in [1.165, 1.54) is 30.3 Å². The van der Waals surface area contributed by atoms with E-state index in [1.54, 1.807) is 12.1 Å². The van der Waals surface area contributed by atoms with Crippen molar-refractivity contribution < 1.29 is 27.4 Å². The normalized spacial score (nSPS) is 24.2. The molecule has 2 aromatic rings. The molecule has 1 aromatic carbocycles. The van der Waals surface area contributed by atoms with Crippen molar-refractivity contribution in [2.24, 2.45) is 0 Å². The second kappa shape index (κ2) is 6.58. The summed E-state index contributed by atoms with van der Waals surface area (Å²) in [7, 11) is 1.49. The van der Waals surface area contributed by atoms with Gasteiger partial charge in [0.05, 0.1) is 0 Å². The number of benzene rings is 1. The molecule has 1 aliphatic heterocycles. The Kier molecular flexibility index (Phi) is 4.66. The summed E-state index contributed by atoms with van der Waals surface area (Å²) in [4.78, 5) is 3.87. The standard InChI is InChI=1S/C14H17N3O6Se/c1-22-9-2-4-10(5-3-9)24(20,21)14-15-8-17(16-14)13-6-11(19)12(7-18)23-13/h2-5,8,11-13,18-19H,6-7H2,1H3/t11-,12+,13+/m0/s1. The molecule has 0 unspecified atom stereocenters. The quantitative estimate of drug-likeness (QED) is 0.570. The molecule has 0 bridgehead atoms. The van der Waals surface area contributed by atoms with Crippen LogP contribution >= 0.6 is 0 Å². The van der Waals surface area contributed by atoms with Crippen LogP contribution in [0.25, 0.3) is 0 Å². The fourth-order valence-electron chi connectivity index (χ4n) is 2.42. The first-order valence-electron chi connectivity index (χ1n) is 7.20. The van der Waals surface area contributed by atoms with Crippen LogP contribution in [0.5, 0.6) is 5.75 Å². The molecule has 1 aromatic heterocycles. The van der Waals surface area contributed by atoms with E-state index in [1.807, 2.05) is 0 Å². The number of aliphatic hydroxyl groups excluding tert-OH is 2. The van der Waals surface area contributed by atoms with Crippen LogP contribution in [-0.2, 0) is 12.4 Å². The Morgan fingerprint density at radius 2 is 2.08 bits per heavy atom. The molecule has 0 amide bonds. The van der Waals surface area contributed by atoms with Gasteiger partial charge < -0.3 is 0 Å². The third-order valence-corrected chi connectivity index (χ3v) is 7.05. The van der Waals surface area contributed by atoms with Crippen molar-refractivity contribution in [3.8, 4) is 5.75 Å². The summed E-state index contributed by atoms with van der Waals surface area (Å²) in [6, 6.07) is 5.99. The molecule has 1 fully saturated rings. The summed E-state index contributed by atoms with van der Waals surface area (Å²) in [5.74, 6) is 0.549. The molecule has 130 valence electrons. The van der Waals surface area contributed by atoms with Gasteiger partial charge in [-0.15, -0.1) is 0 Å². The Morgan fingerprint density at radius 3 is 2.67 bits per heavy atom. The molecule has 10 heteroatoms. The van der Waals surface area contributed by atoms with Crippen molar-refractivity contribution in [2.75, 3.05) is 13.7 Å². The summed E-state index contributed by atoms with van der Waals surface area (Å²) in [6.07, 6.45) is -0.769. The Bertz CT molecular complexity index is 804. The van der Waals surface area contributed by atoms with Gasteiger partial charge in [0.25, 0.3) is 0 Å². The van der Waals surface area contributed by atoms with Crippen LogP contribution in [0.3, 0.4) is 0 Å². The zero-order chi connectivity index (χ0) is 17.3. The molecule has 24 heavy (non-hydrogen) atoms. The molecule has 2 N–H and O–H groups in total. The number of hydrogen-bond donors (Lipinski definition) is 2. The van der Waals surface area contributed by atoms with Crippen LogP contribution in [0.15, 0.2) is 30.6 Å². The average Bonchev–Trinajstić information content (AvgIpc) is 3.21. The van der Waals surface area contributed by atoms with Gasteiger partial charge in [0.1, 0.15) is 0 Å². The van der Waals surface area contributed by atoms with Crippen LogP contribution in [0.1, 0.15) is 12.6 Å². The van der Waals surface area contributed by atoms with E-state index >= 15 is 0 Å². The van der Waals surface area contributed by atoms with E-state index in [2.05, 4.69) is 10.1 Å². The van der Waals surface area contributed by atoms with Crippen LogP contribution < -0.4 is 13.9 Å². The van der Waals surface area contributed by atoms with Gasteiger partial charge in [0, 0.05) is 0 Å². The summed E-state index contributed by atoms with van der Waals surface area (Å²) in [6.45, 7) is -0.325. The molecule has 3 rings (SSSR count). The minimum atomic E-state index is -4.74. The second-order valence-electron chi connectivity index (χ2n) is 5.30. The molecular formula is C14H17N3O6Se. The zero-order valence-electron chi connectivity index (χ0n) is 12.8. The number of ether oxygens (including phenoxy) is 2. The van der Waals surface area contributed by atoms with E-state index in [0.717, 1.165) is 0 Å². The van der Waals surface area contributed by atoms with Crippen molar-refractivity contribution in [3.05, 3.63) is 30.6 Å². The van der Waals surface area contributed by atoms with Gasteiger partial charge in [0.2, 0.25) is 0 Å². The first-order valence-corrected chi connectivity index (χ1v) is 10.3. The van der Waals surface area contributed by atoms with Crippen molar-refractivity contribution in [3.63, 3.8) is 0 Å². The van der Waals surface area contributed by atoms with Crippen molar-refractivity contribution >= 4 is 21.9 Å². The predicted octanol–water partition coefficient (Wildman–Crippen LogP) is -1.66. The minimum absolute atomic E-state index is 0.116. The van der Waals surface area contributed by atoms with E-state index in [4.69, 9.17) is 14.6 Å². The van der Waals surface area contributed by atoms with Gasteiger partial charge in [-0.3, -0.25) is 0 Å². The Balaban J connectivity index is 1.84. The van der Waals surface area contributed by atoms with Gasteiger partial charge >= 0.3 is 139 Å². The molecule has 1 saturated heterocycles. The summed E-state index contributed by atoms with van der Waals surface area (Å²) in [5.41, 5.74) is 0. The molecule has 2 heterocycles. The molecule has 1 aliphatic rings. The molecular weight excluding hydrogens is 385 g/mol. The SMILES string of the molecule is COc1ccc([Se](=O)(=O)c2ncn([C@H]3C[C@H](O)[C@@H](CO)O3)n2)cc1. The Labute approximate surface area is 139 Å². The second-order valence-corrected chi connectivity index (χ2v) is 9.17. The summed E-state index contributed by atoms with van der Waals surface area (Å²) < 4.78 is 36.7. The number of rotatable bonds is 5. The maximum atomic E-state index is 12.6. The summed E-state index contributed by atoms with van der Waals surface area (Å²) >= 11 is -4.74. The van der Waals surface area contributed by atoms with Crippen LogP contribution in [0.2, 0.25) is 0 Å². The van der Waals surface area contributed by atoms with E-state index in [-0.39, 0.29) is 22.2 Å². The number of nitrogens with zero attached hydrogens (tertiary/aromatic N) is 3. The van der Waals surface area contributed by atoms with Crippen molar-refractivity contribution in [1.29, 1.82) is 0 Å². The number of aromatic nitrogens is 3. The fraction of sp³-hybridized carbons (Fsp3) is 0.429.